The summed E-state index contributed by atoms with van der Waals surface area (Å²) in [5.41, 5.74) is 3.24. The molecular weight excluding hydrogens is 268 g/mol. The third kappa shape index (κ3) is 3.44. The molecule has 2 rings (SSSR count). The summed E-state index contributed by atoms with van der Waals surface area (Å²) in [6.45, 7) is 5.19. The van der Waals surface area contributed by atoms with Crippen LogP contribution < -0.4 is 0 Å². The molecule has 0 atom stereocenters. The van der Waals surface area contributed by atoms with Crippen LogP contribution in [-0.2, 0) is 26.0 Å². The largest absolute Gasteiger partial charge is 0.392 e. The number of aliphatic hydroxyl groups is 1. The molecule has 0 fully saturated rings. The molecule has 2 aromatic rings. The van der Waals surface area contributed by atoms with Crippen LogP contribution in [0.1, 0.15) is 30.8 Å². The number of aliphatic hydroxyl groups excluding tert-OH is 1. The van der Waals surface area contributed by atoms with Gasteiger partial charge in [0, 0.05) is 21.9 Å². The van der Waals surface area contributed by atoms with Crippen molar-refractivity contribution in [3.8, 4) is 0 Å². The standard InChI is InChI=1S/C16H22N2OS/c1-3-15-14(12-19)16(4-2)18(17-15)10-11-20-13-8-6-5-7-9-13/h5-9,19H,3-4,10-12H2,1-2H3. The molecule has 1 heterocycles. The topological polar surface area (TPSA) is 38.0 Å². The van der Waals surface area contributed by atoms with Gasteiger partial charge < -0.3 is 5.11 Å². The molecule has 0 aliphatic carbocycles. The fourth-order valence-corrected chi connectivity index (χ4v) is 3.25. The smallest absolute Gasteiger partial charge is 0.0718 e. The van der Waals surface area contributed by atoms with Crippen molar-refractivity contribution in [2.75, 3.05) is 5.75 Å². The fourth-order valence-electron chi connectivity index (χ4n) is 2.40. The first kappa shape index (κ1) is 15.1. The molecule has 0 bridgehead atoms. The van der Waals surface area contributed by atoms with E-state index in [0.29, 0.717) is 0 Å². The quantitative estimate of drug-likeness (QED) is 0.795. The van der Waals surface area contributed by atoms with E-state index in [0.717, 1.165) is 36.4 Å². The average Bonchev–Trinajstić information content (AvgIpc) is 2.85. The number of aromatic nitrogens is 2. The van der Waals surface area contributed by atoms with Crippen molar-refractivity contribution >= 4 is 11.8 Å². The summed E-state index contributed by atoms with van der Waals surface area (Å²) in [7, 11) is 0. The van der Waals surface area contributed by atoms with E-state index in [9.17, 15) is 5.11 Å². The van der Waals surface area contributed by atoms with Gasteiger partial charge >= 0.3 is 0 Å². The molecule has 1 aromatic heterocycles. The Morgan fingerprint density at radius 3 is 2.50 bits per heavy atom. The maximum atomic E-state index is 9.52. The lowest BCUT2D eigenvalue weighted by Crippen LogP contribution is -2.07. The molecule has 108 valence electrons. The monoisotopic (exact) mass is 290 g/mol. The van der Waals surface area contributed by atoms with Gasteiger partial charge in [-0.2, -0.15) is 5.10 Å². The van der Waals surface area contributed by atoms with E-state index in [1.807, 2.05) is 17.8 Å². The Morgan fingerprint density at radius 1 is 1.15 bits per heavy atom. The molecule has 0 aliphatic rings. The van der Waals surface area contributed by atoms with Crippen LogP contribution in [0.25, 0.3) is 0 Å². The summed E-state index contributed by atoms with van der Waals surface area (Å²) in [5, 5.41) is 14.2. The Balaban J connectivity index is 2.04. The molecule has 0 saturated carbocycles. The van der Waals surface area contributed by atoms with Gasteiger partial charge in [0.05, 0.1) is 18.8 Å². The van der Waals surface area contributed by atoms with Gasteiger partial charge in [0.2, 0.25) is 0 Å². The maximum absolute atomic E-state index is 9.52. The van der Waals surface area contributed by atoms with Gasteiger partial charge in [0.15, 0.2) is 0 Å². The van der Waals surface area contributed by atoms with E-state index >= 15 is 0 Å². The van der Waals surface area contributed by atoms with Gasteiger partial charge in [-0.3, -0.25) is 4.68 Å². The maximum Gasteiger partial charge on any atom is 0.0718 e. The molecule has 3 nitrogen and oxygen atoms in total. The third-order valence-corrected chi connectivity index (χ3v) is 4.38. The molecule has 0 spiro atoms. The number of benzene rings is 1. The van der Waals surface area contributed by atoms with Crippen LogP contribution >= 0.6 is 11.8 Å². The van der Waals surface area contributed by atoms with Crippen molar-refractivity contribution in [1.82, 2.24) is 9.78 Å². The number of aryl methyl sites for hydroxylation is 2. The Bertz CT molecular complexity index is 537. The lowest BCUT2D eigenvalue weighted by molar-refractivity contribution is 0.279. The second kappa shape index (κ2) is 7.50. The summed E-state index contributed by atoms with van der Waals surface area (Å²) in [6.07, 6.45) is 1.79. The summed E-state index contributed by atoms with van der Waals surface area (Å²) in [5.74, 6) is 0.993. The molecule has 1 aromatic carbocycles. The van der Waals surface area contributed by atoms with Gasteiger partial charge in [0.25, 0.3) is 0 Å². The molecule has 20 heavy (non-hydrogen) atoms. The first-order valence-electron chi connectivity index (χ1n) is 7.16. The van der Waals surface area contributed by atoms with Crippen LogP contribution in [-0.4, -0.2) is 20.6 Å². The highest BCUT2D eigenvalue weighted by Crippen LogP contribution is 2.20. The molecule has 0 amide bonds. The van der Waals surface area contributed by atoms with Gasteiger partial charge in [-0.15, -0.1) is 11.8 Å². The number of rotatable bonds is 7. The van der Waals surface area contributed by atoms with Crippen LogP contribution in [0.3, 0.4) is 0 Å². The van der Waals surface area contributed by atoms with Crippen molar-refractivity contribution < 1.29 is 5.11 Å². The van der Waals surface area contributed by atoms with Gasteiger partial charge in [-0.05, 0) is 25.0 Å². The van der Waals surface area contributed by atoms with Crippen LogP contribution in [0.15, 0.2) is 35.2 Å². The van der Waals surface area contributed by atoms with Crippen molar-refractivity contribution in [2.24, 2.45) is 0 Å². The van der Waals surface area contributed by atoms with Crippen LogP contribution in [0.4, 0.5) is 0 Å². The zero-order valence-electron chi connectivity index (χ0n) is 12.2. The van der Waals surface area contributed by atoms with Gasteiger partial charge in [-0.25, -0.2) is 0 Å². The first-order valence-corrected chi connectivity index (χ1v) is 8.14. The van der Waals surface area contributed by atoms with Crippen molar-refractivity contribution in [3.05, 3.63) is 47.3 Å². The molecule has 0 unspecified atom stereocenters. The fraction of sp³-hybridized carbons (Fsp3) is 0.438. The number of thioether (sulfide) groups is 1. The van der Waals surface area contributed by atoms with Crippen LogP contribution in [0.5, 0.6) is 0 Å². The Morgan fingerprint density at radius 2 is 1.90 bits per heavy atom. The van der Waals surface area contributed by atoms with E-state index in [-0.39, 0.29) is 6.61 Å². The third-order valence-electron chi connectivity index (χ3n) is 3.39. The molecular formula is C16H22N2OS. The lowest BCUT2D eigenvalue weighted by atomic mass is 10.1. The van der Waals surface area contributed by atoms with Gasteiger partial charge in [-0.1, -0.05) is 32.0 Å². The number of hydrogen-bond donors (Lipinski definition) is 1. The van der Waals surface area contributed by atoms with Crippen molar-refractivity contribution in [2.45, 2.75) is 44.7 Å². The van der Waals surface area contributed by atoms with E-state index in [2.05, 4.69) is 47.9 Å². The Hall–Kier alpha value is -1.26. The molecule has 0 aliphatic heterocycles. The number of nitrogens with zero attached hydrogens (tertiary/aromatic N) is 2. The van der Waals surface area contributed by atoms with Crippen LogP contribution in [0.2, 0.25) is 0 Å². The highest BCUT2D eigenvalue weighted by Gasteiger charge is 2.14. The second-order valence-corrected chi connectivity index (χ2v) is 5.79. The predicted octanol–water partition coefficient (Wildman–Crippen LogP) is 3.29. The summed E-state index contributed by atoms with van der Waals surface area (Å²) >= 11 is 1.84. The molecule has 1 N–H and O–H groups in total. The second-order valence-electron chi connectivity index (χ2n) is 4.62. The Labute approximate surface area is 125 Å². The van der Waals surface area contributed by atoms with Gasteiger partial charge in [0.1, 0.15) is 0 Å². The number of hydrogen-bond acceptors (Lipinski definition) is 3. The average molecular weight is 290 g/mol. The van der Waals surface area contributed by atoms with Crippen LogP contribution in [0, 0.1) is 0 Å². The SMILES string of the molecule is CCc1nn(CCSc2ccccc2)c(CC)c1CO. The molecule has 0 saturated heterocycles. The highest BCUT2D eigenvalue weighted by atomic mass is 32.2. The minimum Gasteiger partial charge on any atom is -0.392 e. The van der Waals surface area contributed by atoms with E-state index in [1.165, 1.54) is 10.6 Å². The normalized spacial score (nSPS) is 10.9. The van der Waals surface area contributed by atoms with Crippen molar-refractivity contribution in [1.29, 1.82) is 0 Å². The summed E-state index contributed by atoms with van der Waals surface area (Å²) in [4.78, 5) is 1.29. The minimum atomic E-state index is 0.0954. The minimum absolute atomic E-state index is 0.0954. The van der Waals surface area contributed by atoms with E-state index in [1.54, 1.807) is 0 Å². The summed E-state index contributed by atoms with van der Waals surface area (Å²) in [6, 6.07) is 10.4. The van der Waals surface area contributed by atoms with E-state index in [4.69, 9.17) is 0 Å². The predicted molar refractivity (Wildman–Crippen MR) is 84.1 cm³/mol. The molecule has 4 heteroatoms. The molecule has 0 radical (unpaired) electrons. The highest BCUT2D eigenvalue weighted by molar-refractivity contribution is 7.99. The zero-order chi connectivity index (χ0) is 14.4. The summed E-state index contributed by atoms with van der Waals surface area (Å²) < 4.78 is 2.07. The van der Waals surface area contributed by atoms with Crippen molar-refractivity contribution in [3.63, 3.8) is 0 Å². The first-order chi connectivity index (χ1) is 9.80. The lowest BCUT2D eigenvalue weighted by Gasteiger charge is -2.07. The zero-order valence-corrected chi connectivity index (χ0v) is 13.0. The Kier molecular flexibility index (Phi) is 5.68. The van der Waals surface area contributed by atoms with E-state index < -0.39 is 0 Å².